The molecule has 25 heavy (non-hydrogen) atoms. The summed E-state index contributed by atoms with van der Waals surface area (Å²) in [6.45, 7) is 0. The van der Waals surface area contributed by atoms with Crippen LogP contribution in [0.2, 0.25) is 0 Å². The molecule has 0 radical (unpaired) electrons. The molecule has 0 aliphatic heterocycles. The van der Waals surface area contributed by atoms with E-state index in [4.69, 9.17) is 4.74 Å². The molecule has 1 N–H and O–H groups in total. The second-order valence-corrected chi connectivity index (χ2v) is 5.22. The number of aromatic nitrogens is 2. The van der Waals surface area contributed by atoms with Gasteiger partial charge in [-0.15, -0.1) is 4.91 Å². The van der Waals surface area contributed by atoms with E-state index in [1.165, 1.54) is 10.7 Å². The van der Waals surface area contributed by atoms with Gasteiger partial charge in [0.15, 0.2) is 0 Å². The van der Waals surface area contributed by atoms with Crippen LogP contribution in [0.3, 0.4) is 0 Å². The molecule has 0 aliphatic carbocycles. The summed E-state index contributed by atoms with van der Waals surface area (Å²) in [5.41, 5.74) is 1.79. The second-order valence-electron chi connectivity index (χ2n) is 5.22. The van der Waals surface area contributed by atoms with E-state index in [1.807, 2.05) is 24.3 Å². The highest BCUT2D eigenvalue weighted by Crippen LogP contribution is 2.25. The molecule has 0 spiro atoms. The SMILES string of the molecule is CNc1cc(-c2cccc(OC)c2)nn(-c2ccccc2N=O)c1=O. The van der Waals surface area contributed by atoms with Gasteiger partial charge in [0, 0.05) is 12.6 Å². The normalized spacial score (nSPS) is 10.3. The maximum atomic E-state index is 12.6. The Bertz CT molecular complexity index is 982. The van der Waals surface area contributed by atoms with Crippen LogP contribution in [0.15, 0.2) is 64.6 Å². The van der Waals surface area contributed by atoms with Crippen molar-refractivity contribution in [2.75, 3.05) is 19.5 Å². The van der Waals surface area contributed by atoms with Crippen LogP contribution in [0.4, 0.5) is 11.4 Å². The molecule has 0 atom stereocenters. The van der Waals surface area contributed by atoms with Crippen LogP contribution in [0.5, 0.6) is 5.75 Å². The lowest BCUT2D eigenvalue weighted by Crippen LogP contribution is -2.24. The largest absolute Gasteiger partial charge is 0.497 e. The first kappa shape index (κ1) is 16.4. The molecule has 0 saturated heterocycles. The fourth-order valence-corrected chi connectivity index (χ4v) is 2.48. The number of nitrogens with zero attached hydrogens (tertiary/aromatic N) is 3. The van der Waals surface area contributed by atoms with E-state index < -0.39 is 0 Å². The smallest absolute Gasteiger partial charge is 0.294 e. The van der Waals surface area contributed by atoms with Gasteiger partial charge in [0.25, 0.3) is 5.56 Å². The summed E-state index contributed by atoms with van der Waals surface area (Å²) in [4.78, 5) is 23.7. The van der Waals surface area contributed by atoms with Gasteiger partial charge in [-0.1, -0.05) is 24.3 Å². The third-order valence-corrected chi connectivity index (χ3v) is 3.75. The van der Waals surface area contributed by atoms with E-state index in [2.05, 4.69) is 15.6 Å². The number of ether oxygens (including phenoxy) is 1. The van der Waals surface area contributed by atoms with Crippen LogP contribution in [-0.2, 0) is 0 Å². The first-order chi connectivity index (χ1) is 12.2. The molecule has 126 valence electrons. The van der Waals surface area contributed by atoms with Gasteiger partial charge in [-0.2, -0.15) is 9.78 Å². The predicted molar refractivity (Wildman–Crippen MR) is 96.8 cm³/mol. The quantitative estimate of drug-likeness (QED) is 0.722. The molecule has 7 nitrogen and oxygen atoms in total. The number of methoxy groups -OCH3 is 1. The van der Waals surface area contributed by atoms with Crippen LogP contribution in [0.25, 0.3) is 16.9 Å². The zero-order chi connectivity index (χ0) is 17.8. The van der Waals surface area contributed by atoms with Crippen molar-refractivity contribution < 1.29 is 4.74 Å². The highest BCUT2D eigenvalue weighted by Gasteiger charge is 2.14. The lowest BCUT2D eigenvalue weighted by atomic mass is 10.1. The van der Waals surface area contributed by atoms with Gasteiger partial charge >= 0.3 is 0 Å². The summed E-state index contributed by atoms with van der Waals surface area (Å²) in [6, 6.07) is 15.6. The van der Waals surface area contributed by atoms with Gasteiger partial charge in [-0.3, -0.25) is 4.79 Å². The van der Waals surface area contributed by atoms with E-state index in [0.717, 1.165) is 5.56 Å². The summed E-state index contributed by atoms with van der Waals surface area (Å²) in [5.74, 6) is 0.679. The van der Waals surface area contributed by atoms with Gasteiger partial charge in [-0.25, -0.2) is 0 Å². The molecule has 1 aromatic heterocycles. The van der Waals surface area contributed by atoms with E-state index in [9.17, 15) is 9.70 Å². The molecular formula is C18H16N4O3. The van der Waals surface area contributed by atoms with Crippen molar-refractivity contribution in [2.45, 2.75) is 0 Å². The van der Waals surface area contributed by atoms with Gasteiger partial charge < -0.3 is 10.1 Å². The summed E-state index contributed by atoms with van der Waals surface area (Å²) < 4.78 is 6.42. The van der Waals surface area contributed by atoms with Crippen molar-refractivity contribution in [3.05, 3.63) is 69.9 Å². The Morgan fingerprint density at radius 2 is 1.92 bits per heavy atom. The van der Waals surface area contributed by atoms with Crippen LogP contribution >= 0.6 is 0 Å². The fraction of sp³-hybridized carbons (Fsp3) is 0.111. The fourth-order valence-electron chi connectivity index (χ4n) is 2.48. The Labute approximate surface area is 143 Å². The van der Waals surface area contributed by atoms with E-state index in [-0.39, 0.29) is 11.2 Å². The standard InChI is InChI=1S/C18H16N4O3/c1-19-16-11-15(12-6-5-7-13(10-12)25-2)20-22(18(16)23)17-9-4-3-8-14(17)21-24/h3-11,19H,1-2H3. The van der Waals surface area contributed by atoms with E-state index in [0.29, 0.717) is 22.8 Å². The molecule has 7 heteroatoms. The number of para-hydroxylation sites is 1. The van der Waals surface area contributed by atoms with E-state index >= 15 is 0 Å². The number of nitrogens with one attached hydrogen (secondary N) is 1. The minimum atomic E-state index is -0.370. The monoisotopic (exact) mass is 336 g/mol. The molecule has 2 aromatic carbocycles. The summed E-state index contributed by atoms with van der Waals surface area (Å²) in [5, 5.41) is 10.3. The van der Waals surface area contributed by atoms with Crippen molar-refractivity contribution in [3.8, 4) is 22.7 Å². The number of benzene rings is 2. The zero-order valence-electron chi connectivity index (χ0n) is 13.8. The summed E-state index contributed by atoms with van der Waals surface area (Å²) in [7, 11) is 3.23. The van der Waals surface area contributed by atoms with Gasteiger partial charge in [0.2, 0.25) is 0 Å². The van der Waals surface area contributed by atoms with E-state index in [1.54, 1.807) is 38.4 Å². The highest BCUT2D eigenvalue weighted by atomic mass is 16.5. The van der Waals surface area contributed by atoms with Crippen LogP contribution in [-0.4, -0.2) is 23.9 Å². The number of hydrogen-bond donors (Lipinski definition) is 1. The number of anilines is 1. The molecular weight excluding hydrogens is 320 g/mol. The molecule has 3 rings (SSSR count). The topological polar surface area (TPSA) is 85.6 Å². The van der Waals surface area contributed by atoms with Crippen molar-refractivity contribution in [2.24, 2.45) is 5.18 Å². The van der Waals surface area contributed by atoms with Gasteiger partial charge in [-0.05, 0) is 35.5 Å². The lowest BCUT2D eigenvalue weighted by Gasteiger charge is -2.12. The number of hydrogen-bond acceptors (Lipinski definition) is 6. The average Bonchev–Trinajstić information content (AvgIpc) is 2.68. The average molecular weight is 336 g/mol. The third kappa shape index (κ3) is 3.12. The highest BCUT2D eigenvalue weighted by molar-refractivity contribution is 5.66. The molecule has 0 aliphatic rings. The molecule has 0 amide bonds. The van der Waals surface area contributed by atoms with Crippen LogP contribution in [0, 0.1) is 4.91 Å². The Morgan fingerprint density at radius 3 is 2.64 bits per heavy atom. The van der Waals surface area contributed by atoms with Crippen LogP contribution in [0.1, 0.15) is 0 Å². The maximum Gasteiger partial charge on any atom is 0.294 e. The first-order valence-corrected chi connectivity index (χ1v) is 7.57. The molecule has 0 unspecified atom stereocenters. The number of rotatable bonds is 5. The lowest BCUT2D eigenvalue weighted by molar-refractivity contribution is 0.415. The Kier molecular flexibility index (Phi) is 4.56. The minimum absolute atomic E-state index is 0.141. The molecule has 3 aromatic rings. The van der Waals surface area contributed by atoms with Gasteiger partial charge in [0.1, 0.15) is 17.1 Å². The summed E-state index contributed by atoms with van der Waals surface area (Å²) in [6.07, 6.45) is 0. The summed E-state index contributed by atoms with van der Waals surface area (Å²) >= 11 is 0. The molecule has 0 bridgehead atoms. The van der Waals surface area contributed by atoms with Crippen molar-refractivity contribution in [3.63, 3.8) is 0 Å². The number of nitroso groups, excluding NO2 is 1. The van der Waals surface area contributed by atoms with Crippen LogP contribution < -0.4 is 15.6 Å². The maximum absolute atomic E-state index is 12.6. The second kappa shape index (κ2) is 6.96. The Hall–Kier alpha value is -3.48. The Balaban J connectivity index is 2.26. The van der Waals surface area contributed by atoms with Gasteiger partial charge in [0.05, 0.1) is 18.5 Å². The predicted octanol–water partition coefficient (Wildman–Crippen LogP) is 3.35. The van der Waals surface area contributed by atoms with Crippen molar-refractivity contribution in [1.29, 1.82) is 0 Å². The Morgan fingerprint density at radius 1 is 1.12 bits per heavy atom. The zero-order valence-corrected chi connectivity index (χ0v) is 13.8. The molecule has 0 fully saturated rings. The molecule has 1 heterocycles. The first-order valence-electron chi connectivity index (χ1n) is 7.57. The van der Waals surface area contributed by atoms with Crippen molar-refractivity contribution >= 4 is 11.4 Å². The van der Waals surface area contributed by atoms with Crippen molar-refractivity contribution in [1.82, 2.24) is 9.78 Å². The third-order valence-electron chi connectivity index (χ3n) is 3.75. The molecule has 0 saturated carbocycles. The minimum Gasteiger partial charge on any atom is -0.497 e.